The number of ether oxygens (including phenoxy) is 2. The molecule has 1 aromatic carbocycles. The molecule has 112 valence electrons. The van der Waals surface area contributed by atoms with Crippen molar-refractivity contribution in [3.8, 4) is 11.5 Å². The summed E-state index contributed by atoms with van der Waals surface area (Å²) >= 11 is 5.67. The summed E-state index contributed by atoms with van der Waals surface area (Å²) in [4.78, 5) is 7.40. The predicted molar refractivity (Wildman–Crippen MR) is 78.6 cm³/mol. The molecule has 1 unspecified atom stereocenters. The maximum absolute atomic E-state index is 13.6. The Morgan fingerprint density at radius 1 is 1.24 bits per heavy atom. The van der Waals surface area contributed by atoms with Crippen LogP contribution in [-0.4, -0.2) is 24.2 Å². The Morgan fingerprint density at radius 2 is 1.95 bits per heavy atom. The van der Waals surface area contributed by atoms with Crippen LogP contribution in [0.2, 0.25) is 5.28 Å². The molecule has 1 atom stereocenters. The molecule has 0 saturated heterocycles. The van der Waals surface area contributed by atoms with Crippen LogP contribution in [0.5, 0.6) is 11.5 Å². The molecule has 1 aromatic heterocycles. The Labute approximate surface area is 127 Å². The van der Waals surface area contributed by atoms with Crippen LogP contribution in [0.3, 0.4) is 0 Å². The molecule has 0 aliphatic heterocycles. The molecular formula is C14H15ClFN3O2. The van der Waals surface area contributed by atoms with Crippen molar-refractivity contribution in [1.29, 1.82) is 0 Å². The molecule has 1 heterocycles. The number of rotatable bonds is 5. The SMILES string of the molecule is COc1ccc(C(C)Nc2nc(Cl)ncc2F)cc1OC. The fourth-order valence-electron chi connectivity index (χ4n) is 1.86. The van der Waals surface area contributed by atoms with E-state index in [4.69, 9.17) is 21.1 Å². The number of methoxy groups -OCH3 is 2. The van der Waals surface area contributed by atoms with Crippen LogP contribution in [-0.2, 0) is 0 Å². The van der Waals surface area contributed by atoms with E-state index in [9.17, 15) is 4.39 Å². The number of anilines is 1. The molecule has 21 heavy (non-hydrogen) atoms. The Hall–Kier alpha value is -2.08. The zero-order chi connectivity index (χ0) is 15.4. The molecule has 5 nitrogen and oxygen atoms in total. The molecular weight excluding hydrogens is 297 g/mol. The smallest absolute Gasteiger partial charge is 0.224 e. The van der Waals surface area contributed by atoms with Crippen LogP contribution in [0.15, 0.2) is 24.4 Å². The number of aromatic nitrogens is 2. The highest BCUT2D eigenvalue weighted by Gasteiger charge is 2.13. The van der Waals surface area contributed by atoms with E-state index in [0.717, 1.165) is 11.8 Å². The van der Waals surface area contributed by atoms with Crippen molar-refractivity contribution < 1.29 is 13.9 Å². The van der Waals surface area contributed by atoms with Gasteiger partial charge in [0.1, 0.15) is 0 Å². The van der Waals surface area contributed by atoms with Crippen LogP contribution in [0.4, 0.5) is 10.2 Å². The average Bonchev–Trinajstić information content (AvgIpc) is 2.50. The first kappa shape index (κ1) is 15.3. The van der Waals surface area contributed by atoms with E-state index in [1.807, 2.05) is 19.1 Å². The van der Waals surface area contributed by atoms with E-state index in [1.165, 1.54) is 0 Å². The molecule has 0 radical (unpaired) electrons. The van der Waals surface area contributed by atoms with Crippen LogP contribution < -0.4 is 14.8 Å². The second-order valence-corrected chi connectivity index (χ2v) is 4.65. The van der Waals surface area contributed by atoms with Crippen molar-refractivity contribution >= 4 is 17.4 Å². The monoisotopic (exact) mass is 311 g/mol. The van der Waals surface area contributed by atoms with Crippen LogP contribution in [0, 0.1) is 5.82 Å². The molecule has 1 N–H and O–H groups in total. The highest BCUT2D eigenvalue weighted by atomic mass is 35.5. The first-order chi connectivity index (χ1) is 10.0. The fraction of sp³-hybridized carbons (Fsp3) is 0.286. The lowest BCUT2D eigenvalue weighted by Crippen LogP contribution is -2.10. The number of nitrogens with one attached hydrogen (secondary N) is 1. The third-order valence-electron chi connectivity index (χ3n) is 2.98. The average molecular weight is 312 g/mol. The van der Waals surface area contributed by atoms with Gasteiger partial charge in [-0.1, -0.05) is 6.07 Å². The van der Waals surface area contributed by atoms with Crippen molar-refractivity contribution in [2.24, 2.45) is 0 Å². The highest BCUT2D eigenvalue weighted by Crippen LogP contribution is 2.31. The third-order valence-corrected chi connectivity index (χ3v) is 3.16. The van der Waals surface area contributed by atoms with Gasteiger partial charge in [0.05, 0.1) is 26.5 Å². The minimum Gasteiger partial charge on any atom is -0.493 e. The normalized spacial score (nSPS) is 11.9. The van der Waals surface area contributed by atoms with Crippen molar-refractivity contribution in [3.05, 3.63) is 41.1 Å². The minimum atomic E-state index is -0.563. The van der Waals surface area contributed by atoms with Crippen LogP contribution in [0.25, 0.3) is 0 Å². The third kappa shape index (κ3) is 3.52. The molecule has 0 aliphatic carbocycles. The topological polar surface area (TPSA) is 56.3 Å². The number of hydrogen-bond acceptors (Lipinski definition) is 5. The van der Waals surface area contributed by atoms with Gasteiger partial charge in [-0.05, 0) is 36.2 Å². The van der Waals surface area contributed by atoms with E-state index < -0.39 is 5.82 Å². The lowest BCUT2D eigenvalue weighted by Gasteiger charge is -2.17. The molecule has 0 bridgehead atoms. The van der Waals surface area contributed by atoms with Gasteiger partial charge >= 0.3 is 0 Å². The van der Waals surface area contributed by atoms with Gasteiger partial charge in [-0.2, -0.15) is 4.98 Å². The Bertz CT molecular complexity index is 640. The van der Waals surface area contributed by atoms with E-state index in [1.54, 1.807) is 20.3 Å². The van der Waals surface area contributed by atoms with E-state index in [0.29, 0.717) is 11.5 Å². The fourth-order valence-corrected chi connectivity index (χ4v) is 1.99. The van der Waals surface area contributed by atoms with Gasteiger partial charge in [-0.25, -0.2) is 9.37 Å². The van der Waals surface area contributed by atoms with Crippen LogP contribution in [0.1, 0.15) is 18.5 Å². The first-order valence-electron chi connectivity index (χ1n) is 6.21. The summed E-state index contributed by atoms with van der Waals surface area (Å²) in [5.74, 6) is 0.721. The zero-order valence-electron chi connectivity index (χ0n) is 11.9. The molecule has 2 aromatic rings. The lowest BCUT2D eigenvalue weighted by molar-refractivity contribution is 0.354. The first-order valence-corrected chi connectivity index (χ1v) is 6.59. The Kier molecular flexibility index (Phi) is 4.80. The number of halogens is 2. The predicted octanol–water partition coefficient (Wildman–Crippen LogP) is 3.46. The van der Waals surface area contributed by atoms with Crippen molar-refractivity contribution in [2.45, 2.75) is 13.0 Å². The number of hydrogen-bond donors (Lipinski definition) is 1. The molecule has 0 aliphatic rings. The van der Waals surface area contributed by atoms with Gasteiger partial charge in [0.2, 0.25) is 5.28 Å². The lowest BCUT2D eigenvalue weighted by atomic mass is 10.1. The second-order valence-electron chi connectivity index (χ2n) is 4.32. The molecule has 7 heteroatoms. The second kappa shape index (κ2) is 6.58. The largest absolute Gasteiger partial charge is 0.493 e. The summed E-state index contributed by atoms with van der Waals surface area (Å²) in [6.45, 7) is 1.87. The van der Waals surface area contributed by atoms with Gasteiger partial charge in [0.15, 0.2) is 23.1 Å². The van der Waals surface area contributed by atoms with Crippen LogP contribution >= 0.6 is 11.6 Å². The molecule has 0 spiro atoms. The number of nitrogens with zero attached hydrogens (tertiary/aromatic N) is 2. The van der Waals surface area contributed by atoms with Crippen molar-refractivity contribution in [1.82, 2.24) is 9.97 Å². The Balaban J connectivity index is 2.24. The van der Waals surface area contributed by atoms with Gasteiger partial charge in [0, 0.05) is 0 Å². The van der Waals surface area contributed by atoms with E-state index in [-0.39, 0.29) is 17.1 Å². The zero-order valence-corrected chi connectivity index (χ0v) is 12.6. The molecule has 0 fully saturated rings. The summed E-state index contributed by atoms with van der Waals surface area (Å²) in [5.41, 5.74) is 0.891. The molecule has 0 amide bonds. The maximum atomic E-state index is 13.6. The molecule has 2 rings (SSSR count). The summed E-state index contributed by atoms with van der Waals surface area (Å²) in [7, 11) is 3.13. The van der Waals surface area contributed by atoms with Gasteiger partial charge in [0.25, 0.3) is 0 Å². The summed E-state index contributed by atoms with van der Waals surface area (Å²) in [5, 5.41) is 2.93. The summed E-state index contributed by atoms with van der Waals surface area (Å²) in [6.07, 6.45) is 1.03. The van der Waals surface area contributed by atoms with Gasteiger partial charge < -0.3 is 14.8 Å². The molecule has 0 saturated carbocycles. The van der Waals surface area contributed by atoms with Gasteiger partial charge in [-0.15, -0.1) is 0 Å². The quantitative estimate of drug-likeness (QED) is 0.857. The summed E-state index contributed by atoms with van der Waals surface area (Å²) in [6, 6.07) is 5.26. The van der Waals surface area contributed by atoms with Gasteiger partial charge in [-0.3, -0.25) is 0 Å². The highest BCUT2D eigenvalue weighted by molar-refractivity contribution is 6.28. The minimum absolute atomic E-state index is 0.0154. The maximum Gasteiger partial charge on any atom is 0.224 e. The van der Waals surface area contributed by atoms with Crippen molar-refractivity contribution in [2.75, 3.05) is 19.5 Å². The Morgan fingerprint density at radius 3 is 2.62 bits per heavy atom. The van der Waals surface area contributed by atoms with E-state index >= 15 is 0 Å². The standard InChI is InChI=1S/C14H15ClFN3O2/c1-8(18-13-10(16)7-17-14(15)19-13)9-4-5-11(20-2)12(6-9)21-3/h4-8H,1-3H3,(H,17,18,19). The number of benzene rings is 1. The van der Waals surface area contributed by atoms with Crippen molar-refractivity contribution in [3.63, 3.8) is 0 Å². The summed E-state index contributed by atoms with van der Waals surface area (Å²) < 4.78 is 24.0. The van der Waals surface area contributed by atoms with E-state index in [2.05, 4.69) is 15.3 Å².